The van der Waals surface area contributed by atoms with Gasteiger partial charge < -0.3 is 35.2 Å². The van der Waals surface area contributed by atoms with Crippen LogP contribution in [0.25, 0.3) is 0 Å². The number of carbonyl (C=O) groups excluding carboxylic acids is 7. The number of nitrogens with one attached hydrogen (secondary N) is 2. The number of hydrogen-bond acceptors (Lipinski definition) is 8. The van der Waals surface area contributed by atoms with Crippen LogP contribution in [0.5, 0.6) is 0 Å². The predicted octanol–water partition coefficient (Wildman–Crippen LogP) is 2.47. The molecule has 0 radical (unpaired) electrons. The molecule has 52 heavy (non-hydrogen) atoms. The van der Waals surface area contributed by atoms with E-state index in [-0.39, 0.29) is 37.0 Å². The Labute approximate surface area is 309 Å². The highest BCUT2D eigenvalue weighted by Gasteiger charge is 2.39. The summed E-state index contributed by atoms with van der Waals surface area (Å²) in [5.74, 6) is -3.40. The Balaban J connectivity index is 3.35. The Kier molecular flexibility index (Phi) is 18.7. The zero-order valence-electron chi connectivity index (χ0n) is 33.1. The minimum atomic E-state index is -1.56. The maximum absolute atomic E-state index is 14.1. The minimum absolute atomic E-state index is 0.0955. The monoisotopic (exact) mass is 730 g/mol. The lowest BCUT2D eigenvalue weighted by Gasteiger charge is -2.36. The van der Waals surface area contributed by atoms with Crippen molar-refractivity contribution in [2.24, 2.45) is 17.8 Å². The molecule has 1 rings (SSSR count). The lowest BCUT2D eigenvalue weighted by Crippen LogP contribution is -2.62. The van der Waals surface area contributed by atoms with Crippen LogP contribution in [0.1, 0.15) is 80.2 Å². The van der Waals surface area contributed by atoms with Crippen LogP contribution in [0, 0.1) is 17.8 Å². The summed E-state index contributed by atoms with van der Waals surface area (Å²) in [7, 11) is 5.59. The average Bonchev–Trinajstić information content (AvgIpc) is 3.10. The molecule has 0 saturated carbocycles. The molecule has 0 aromatic heterocycles. The molecular formula is C38H62N6O8. The number of carbonyl (C=O) groups is 7. The average molecular weight is 731 g/mol. The van der Waals surface area contributed by atoms with Gasteiger partial charge in [-0.05, 0) is 43.1 Å². The van der Waals surface area contributed by atoms with Crippen molar-refractivity contribution in [3.8, 4) is 0 Å². The molecule has 0 heterocycles. The zero-order valence-corrected chi connectivity index (χ0v) is 33.1. The van der Waals surface area contributed by atoms with E-state index in [1.54, 1.807) is 27.8 Å². The smallest absolute Gasteiger partial charge is 0.326 e. The van der Waals surface area contributed by atoms with E-state index in [0.29, 0.717) is 12.7 Å². The number of likely N-dealkylation sites (N-methyl/N-ethyl adjacent to an activating group) is 4. The molecule has 7 amide bonds. The topological polar surface area (TPSA) is 177 Å². The second kappa shape index (κ2) is 21.3. The number of aliphatic hydroxyl groups is 1. The summed E-state index contributed by atoms with van der Waals surface area (Å²) >= 11 is 0. The SMILES string of the molecule is CCC(=O)N(C)[C@@H](Cc1ccccc1)C(=O)N[C@H](C(=O)N(C)[C@@H](CC(C)C)C(=O)N[C@H](C(=O)N(C)C(=O)N(C)[C@H](C=O)CC(C)C)[C@@H](C)O)C(C)C. The second-order valence-corrected chi connectivity index (χ2v) is 14.7. The van der Waals surface area contributed by atoms with Crippen LogP contribution in [0.2, 0.25) is 0 Å². The molecule has 0 aliphatic carbocycles. The van der Waals surface area contributed by atoms with Gasteiger partial charge in [0.15, 0.2) is 0 Å². The van der Waals surface area contributed by atoms with E-state index in [4.69, 9.17) is 0 Å². The maximum atomic E-state index is 14.1. The summed E-state index contributed by atoms with van der Waals surface area (Å²) in [6, 6.07) is 2.98. The molecule has 6 atom stereocenters. The number of hydrogen-bond donors (Lipinski definition) is 3. The normalized spacial score (nSPS) is 14.8. The second-order valence-electron chi connectivity index (χ2n) is 14.7. The molecule has 0 aliphatic heterocycles. The summed E-state index contributed by atoms with van der Waals surface area (Å²) < 4.78 is 0. The molecule has 0 bridgehead atoms. The van der Waals surface area contributed by atoms with Gasteiger partial charge in [0, 0.05) is 41.0 Å². The molecule has 3 N–H and O–H groups in total. The molecule has 0 saturated heterocycles. The van der Waals surface area contributed by atoms with Crippen molar-refractivity contribution in [3.05, 3.63) is 35.9 Å². The van der Waals surface area contributed by atoms with Crippen molar-refractivity contribution in [2.75, 3.05) is 28.2 Å². The third-order valence-electron chi connectivity index (χ3n) is 9.11. The third kappa shape index (κ3) is 13.0. The Morgan fingerprint density at radius 3 is 1.69 bits per heavy atom. The van der Waals surface area contributed by atoms with E-state index in [2.05, 4.69) is 10.6 Å². The van der Waals surface area contributed by atoms with Gasteiger partial charge in [-0.1, -0.05) is 78.8 Å². The van der Waals surface area contributed by atoms with Gasteiger partial charge in [0.05, 0.1) is 12.1 Å². The molecule has 14 nitrogen and oxygen atoms in total. The standard InChI is InChI=1S/C38H62N6O8/c1-13-31(47)42(10)30(21-27-17-15-14-16-18-27)35(49)39-32(25(6)7)36(50)43(11)29(20-24(4)5)34(48)40-33(26(8)46)37(51)44(12)38(52)41(9)28(22-45)19-23(2)3/h14-18,22-26,28-30,32-33,46H,13,19-21H2,1-12H3,(H,39,49)(H,40,48)/t26-,28+,29+,30+,32+,33+/m1/s1. The molecule has 0 spiro atoms. The summed E-state index contributed by atoms with van der Waals surface area (Å²) in [4.78, 5) is 97.5. The fourth-order valence-corrected chi connectivity index (χ4v) is 5.80. The number of aliphatic hydroxyl groups excluding tert-OH is 1. The summed E-state index contributed by atoms with van der Waals surface area (Å²) in [5, 5.41) is 16.0. The highest BCUT2D eigenvalue weighted by Crippen LogP contribution is 2.18. The first-order valence-corrected chi connectivity index (χ1v) is 18.0. The Morgan fingerprint density at radius 2 is 1.23 bits per heavy atom. The number of rotatable bonds is 19. The van der Waals surface area contributed by atoms with E-state index >= 15 is 0 Å². The minimum Gasteiger partial charge on any atom is -0.391 e. The lowest BCUT2D eigenvalue weighted by molar-refractivity contribution is -0.146. The largest absolute Gasteiger partial charge is 0.391 e. The van der Waals surface area contributed by atoms with Crippen LogP contribution in [0.4, 0.5) is 4.79 Å². The van der Waals surface area contributed by atoms with Crippen LogP contribution in [-0.4, -0.2) is 131 Å². The van der Waals surface area contributed by atoms with E-state index in [1.807, 2.05) is 58.0 Å². The fourth-order valence-electron chi connectivity index (χ4n) is 5.80. The van der Waals surface area contributed by atoms with E-state index < -0.39 is 71.9 Å². The third-order valence-corrected chi connectivity index (χ3v) is 9.11. The van der Waals surface area contributed by atoms with E-state index in [1.165, 1.54) is 37.9 Å². The number of nitrogens with zero attached hydrogens (tertiary/aromatic N) is 4. The molecule has 1 aromatic carbocycles. The number of urea groups is 1. The highest BCUT2D eigenvalue weighted by atomic mass is 16.3. The molecule has 0 fully saturated rings. The molecule has 1 aromatic rings. The first-order chi connectivity index (χ1) is 24.2. The van der Waals surface area contributed by atoms with Gasteiger partial charge in [-0.25, -0.2) is 4.79 Å². The molecule has 0 unspecified atom stereocenters. The lowest BCUT2D eigenvalue weighted by atomic mass is 9.97. The fraction of sp³-hybridized carbons (Fsp3) is 0.658. The van der Waals surface area contributed by atoms with Crippen LogP contribution in [0.15, 0.2) is 30.3 Å². The first-order valence-electron chi connectivity index (χ1n) is 18.0. The van der Waals surface area contributed by atoms with Crippen molar-refractivity contribution in [1.29, 1.82) is 0 Å². The Morgan fingerprint density at radius 1 is 0.712 bits per heavy atom. The van der Waals surface area contributed by atoms with Crippen LogP contribution in [0.3, 0.4) is 0 Å². The Hall–Kier alpha value is -4.33. The number of imide groups is 1. The quantitative estimate of drug-likeness (QED) is 0.182. The van der Waals surface area contributed by atoms with Crippen molar-refractivity contribution < 1.29 is 38.7 Å². The number of benzene rings is 1. The van der Waals surface area contributed by atoms with Gasteiger partial charge in [0.1, 0.15) is 30.5 Å². The molecule has 0 aliphatic rings. The number of aldehydes is 1. The van der Waals surface area contributed by atoms with Crippen molar-refractivity contribution >= 4 is 41.9 Å². The van der Waals surface area contributed by atoms with Crippen molar-refractivity contribution in [2.45, 2.75) is 117 Å². The van der Waals surface area contributed by atoms with Gasteiger partial charge >= 0.3 is 6.03 Å². The summed E-state index contributed by atoms with van der Waals surface area (Å²) in [5.41, 5.74) is 0.830. The van der Waals surface area contributed by atoms with Gasteiger partial charge in [-0.3, -0.25) is 28.9 Å². The summed E-state index contributed by atoms with van der Waals surface area (Å²) in [6.07, 6.45) is 0.156. The highest BCUT2D eigenvalue weighted by molar-refractivity contribution is 6.00. The maximum Gasteiger partial charge on any atom is 0.326 e. The predicted molar refractivity (Wildman–Crippen MR) is 199 cm³/mol. The zero-order chi connectivity index (χ0) is 40.0. The van der Waals surface area contributed by atoms with Crippen LogP contribution in [-0.2, 0) is 35.2 Å². The van der Waals surface area contributed by atoms with Crippen molar-refractivity contribution in [3.63, 3.8) is 0 Å². The van der Waals surface area contributed by atoms with Crippen LogP contribution < -0.4 is 10.6 Å². The molecule has 292 valence electrons. The van der Waals surface area contributed by atoms with Gasteiger partial charge in [-0.2, -0.15) is 0 Å². The molecular weight excluding hydrogens is 668 g/mol. The van der Waals surface area contributed by atoms with E-state index in [0.717, 1.165) is 15.4 Å². The van der Waals surface area contributed by atoms with E-state index in [9.17, 15) is 38.7 Å². The van der Waals surface area contributed by atoms with Gasteiger partial charge in [-0.15, -0.1) is 0 Å². The number of amides is 7. The Bertz CT molecular complexity index is 1370. The van der Waals surface area contributed by atoms with Gasteiger partial charge in [0.2, 0.25) is 23.6 Å². The first kappa shape index (κ1) is 45.7. The van der Waals surface area contributed by atoms with Crippen molar-refractivity contribution in [1.82, 2.24) is 30.2 Å². The van der Waals surface area contributed by atoms with Crippen LogP contribution >= 0.6 is 0 Å². The van der Waals surface area contributed by atoms with Gasteiger partial charge in [0.25, 0.3) is 5.91 Å². The summed E-state index contributed by atoms with van der Waals surface area (Å²) in [6.45, 7) is 14.0. The molecule has 14 heteroatoms.